The third-order valence-electron chi connectivity index (χ3n) is 6.35. The number of nitrogens with zero attached hydrogens (tertiary/aromatic N) is 2. The standard InChI is InChI=1S/C25H32N4O3S/c1-26-16-21-9-8-20-10-11-22(15-24(20)23(21)14-19-6-4-3-5-7-19)32-13-12-28-33(30,31)25-17-27-18-29(25)2/h3-7,10-11,15,17-18,21,23,26,28H,8-9,12-14,16H2,1-2H3. The van der Waals surface area contributed by atoms with Crippen molar-refractivity contribution in [3.05, 3.63) is 77.7 Å². The van der Waals surface area contributed by atoms with E-state index >= 15 is 0 Å². The smallest absolute Gasteiger partial charge is 0.257 e. The van der Waals surface area contributed by atoms with Crippen LogP contribution in [0.5, 0.6) is 5.75 Å². The van der Waals surface area contributed by atoms with Crippen molar-refractivity contribution in [1.29, 1.82) is 0 Å². The lowest BCUT2D eigenvalue weighted by atomic mass is 9.72. The maximum atomic E-state index is 12.4. The maximum absolute atomic E-state index is 12.4. The molecule has 1 aromatic heterocycles. The number of fused-ring (bicyclic) bond motifs is 1. The van der Waals surface area contributed by atoms with E-state index in [1.807, 2.05) is 13.1 Å². The normalized spacial score (nSPS) is 18.1. The summed E-state index contributed by atoms with van der Waals surface area (Å²) in [5.41, 5.74) is 4.07. The number of benzene rings is 2. The molecule has 0 amide bonds. The Morgan fingerprint density at radius 3 is 2.73 bits per heavy atom. The zero-order valence-corrected chi connectivity index (χ0v) is 20.0. The Kier molecular flexibility index (Phi) is 7.47. The molecule has 0 radical (unpaired) electrons. The predicted octanol–water partition coefficient (Wildman–Crippen LogP) is 2.89. The van der Waals surface area contributed by atoms with Gasteiger partial charge in [0.05, 0.1) is 12.5 Å². The molecule has 7 nitrogen and oxygen atoms in total. The molecule has 0 bridgehead atoms. The Hall–Kier alpha value is -2.68. The van der Waals surface area contributed by atoms with Gasteiger partial charge in [0.2, 0.25) is 0 Å². The van der Waals surface area contributed by atoms with Crippen LogP contribution in [0.25, 0.3) is 0 Å². The van der Waals surface area contributed by atoms with E-state index in [0.29, 0.717) is 11.8 Å². The summed E-state index contributed by atoms with van der Waals surface area (Å²) in [7, 11) is 0.0563. The van der Waals surface area contributed by atoms with Crippen LogP contribution in [0.4, 0.5) is 0 Å². The summed E-state index contributed by atoms with van der Waals surface area (Å²) in [6.45, 7) is 1.41. The maximum Gasteiger partial charge on any atom is 0.257 e. The van der Waals surface area contributed by atoms with Gasteiger partial charge in [0, 0.05) is 13.6 Å². The van der Waals surface area contributed by atoms with E-state index in [1.165, 1.54) is 40.2 Å². The highest BCUT2D eigenvalue weighted by molar-refractivity contribution is 7.89. The van der Waals surface area contributed by atoms with Crippen molar-refractivity contribution in [2.75, 3.05) is 26.7 Å². The average molecular weight is 469 g/mol. The Bertz CT molecular complexity index is 1160. The van der Waals surface area contributed by atoms with E-state index in [1.54, 1.807) is 7.05 Å². The molecule has 0 spiro atoms. The second-order valence-corrected chi connectivity index (χ2v) is 10.3. The minimum Gasteiger partial charge on any atom is -0.492 e. The first-order valence-corrected chi connectivity index (χ1v) is 12.9. The van der Waals surface area contributed by atoms with Crippen molar-refractivity contribution in [2.24, 2.45) is 13.0 Å². The van der Waals surface area contributed by atoms with Crippen LogP contribution in [0.2, 0.25) is 0 Å². The summed E-state index contributed by atoms with van der Waals surface area (Å²) in [4.78, 5) is 3.87. The minimum absolute atomic E-state index is 0.135. The van der Waals surface area contributed by atoms with Crippen molar-refractivity contribution in [3.63, 3.8) is 0 Å². The Labute approximate surface area is 196 Å². The lowest BCUT2D eigenvalue weighted by Gasteiger charge is -2.34. The first kappa shape index (κ1) is 23.5. The molecule has 2 unspecified atom stereocenters. The van der Waals surface area contributed by atoms with Gasteiger partial charge < -0.3 is 14.6 Å². The van der Waals surface area contributed by atoms with Gasteiger partial charge in [0.1, 0.15) is 12.4 Å². The van der Waals surface area contributed by atoms with Crippen LogP contribution < -0.4 is 14.8 Å². The lowest BCUT2D eigenvalue weighted by molar-refractivity contribution is 0.318. The SMILES string of the molecule is CNCC1CCc2ccc(OCCNS(=O)(=O)c3cncn3C)cc2C1Cc1ccccc1. The third kappa shape index (κ3) is 5.63. The number of aromatic nitrogens is 2. The van der Waals surface area contributed by atoms with Gasteiger partial charge in [-0.25, -0.2) is 18.1 Å². The van der Waals surface area contributed by atoms with Crippen molar-refractivity contribution in [1.82, 2.24) is 19.6 Å². The highest BCUT2D eigenvalue weighted by atomic mass is 32.2. The zero-order chi connectivity index (χ0) is 23.3. The summed E-state index contributed by atoms with van der Waals surface area (Å²) >= 11 is 0. The number of aryl methyl sites for hydroxylation is 2. The number of sulfonamides is 1. The topological polar surface area (TPSA) is 85.2 Å². The van der Waals surface area contributed by atoms with Crippen LogP contribution in [-0.4, -0.2) is 44.7 Å². The van der Waals surface area contributed by atoms with Crippen LogP contribution >= 0.6 is 0 Å². The molecule has 0 saturated carbocycles. The highest BCUT2D eigenvalue weighted by Crippen LogP contribution is 2.40. The summed E-state index contributed by atoms with van der Waals surface area (Å²) in [6, 6.07) is 16.9. The summed E-state index contributed by atoms with van der Waals surface area (Å²) in [6.07, 6.45) is 6.03. The van der Waals surface area contributed by atoms with Gasteiger partial charge in [0.25, 0.3) is 10.0 Å². The van der Waals surface area contributed by atoms with Gasteiger partial charge in [-0.2, -0.15) is 0 Å². The Morgan fingerprint density at radius 2 is 2.00 bits per heavy atom. The van der Waals surface area contributed by atoms with Crippen LogP contribution in [0, 0.1) is 5.92 Å². The third-order valence-corrected chi connectivity index (χ3v) is 7.87. The number of hydrogen-bond acceptors (Lipinski definition) is 5. The molecule has 3 aromatic rings. The van der Waals surface area contributed by atoms with Gasteiger partial charge in [0.15, 0.2) is 5.03 Å². The number of ether oxygens (including phenoxy) is 1. The van der Waals surface area contributed by atoms with Crippen molar-refractivity contribution in [3.8, 4) is 5.75 Å². The highest BCUT2D eigenvalue weighted by Gasteiger charge is 2.29. The average Bonchev–Trinajstić information content (AvgIpc) is 3.26. The van der Waals surface area contributed by atoms with Gasteiger partial charge in [-0.1, -0.05) is 36.4 Å². The van der Waals surface area contributed by atoms with E-state index in [-0.39, 0.29) is 18.2 Å². The molecule has 1 heterocycles. The van der Waals surface area contributed by atoms with Crippen molar-refractivity contribution >= 4 is 10.0 Å². The molecule has 176 valence electrons. The Balaban J connectivity index is 1.44. The van der Waals surface area contributed by atoms with Gasteiger partial charge in [-0.05, 0) is 73.5 Å². The molecule has 1 aliphatic rings. The van der Waals surface area contributed by atoms with Crippen molar-refractivity contribution in [2.45, 2.75) is 30.2 Å². The lowest BCUT2D eigenvalue weighted by Crippen LogP contribution is -2.30. The van der Waals surface area contributed by atoms with E-state index in [9.17, 15) is 8.42 Å². The Morgan fingerprint density at radius 1 is 1.18 bits per heavy atom. The van der Waals surface area contributed by atoms with Gasteiger partial charge in [-0.15, -0.1) is 0 Å². The van der Waals surface area contributed by atoms with E-state index in [4.69, 9.17) is 4.74 Å². The van der Waals surface area contributed by atoms with E-state index in [2.05, 4.69) is 57.5 Å². The molecule has 0 fully saturated rings. The van der Waals surface area contributed by atoms with Gasteiger partial charge >= 0.3 is 0 Å². The van der Waals surface area contributed by atoms with Crippen LogP contribution in [0.1, 0.15) is 29.0 Å². The number of nitrogens with one attached hydrogen (secondary N) is 2. The van der Waals surface area contributed by atoms with Gasteiger partial charge in [-0.3, -0.25) is 0 Å². The molecule has 2 N–H and O–H groups in total. The zero-order valence-electron chi connectivity index (χ0n) is 19.2. The number of rotatable bonds is 10. The van der Waals surface area contributed by atoms with E-state index in [0.717, 1.165) is 25.1 Å². The molecule has 8 heteroatoms. The molecule has 2 aromatic carbocycles. The molecule has 4 rings (SSSR count). The van der Waals surface area contributed by atoms with Crippen molar-refractivity contribution < 1.29 is 13.2 Å². The fourth-order valence-corrected chi connectivity index (χ4v) is 5.83. The molecule has 33 heavy (non-hydrogen) atoms. The van der Waals surface area contributed by atoms with Crippen LogP contribution in [-0.2, 0) is 29.9 Å². The summed E-state index contributed by atoms with van der Waals surface area (Å²) < 4.78 is 34.8. The minimum atomic E-state index is -3.61. The van der Waals surface area contributed by atoms with Crippen LogP contribution in [0.3, 0.4) is 0 Å². The summed E-state index contributed by atoms with van der Waals surface area (Å²) in [5, 5.41) is 3.50. The second kappa shape index (κ2) is 10.5. The molecular formula is C25H32N4O3S. The molecular weight excluding hydrogens is 436 g/mol. The fourth-order valence-electron chi connectivity index (χ4n) is 4.71. The molecule has 2 atom stereocenters. The predicted molar refractivity (Wildman–Crippen MR) is 129 cm³/mol. The quantitative estimate of drug-likeness (QED) is 0.447. The number of hydrogen-bond donors (Lipinski definition) is 2. The summed E-state index contributed by atoms with van der Waals surface area (Å²) in [5.74, 6) is 1.75. The largest absolute Gasteiger partial charge is 0.492 e. The van der Waals surface area contributed by atoms with Crippen LogP contribution in [0.15, 0.2) is 66.1 Å². The fraction of sp³-hybridized carbons (Fsp3) is 0.400. The molecule has 0 saturated heterocycles. The number of imidazole rings is 1. The first-order chi connectivity index (χ1) is 16.0. The first-order valence-electron chi connectivity index (χ1n) is 11.4. The monoisotopic (exact) mass is 468 g/mol. The second-order valence-electron chi connectivity index (χ2n) is 8.60. The van der Waals surface area contributed by atoms with E-state index < -0.39 is 10.0 Å². The molecule has 1 aliphatic carbocycles. The molecule has 0 aliphatic heterocycles.